The zero-order valence-corrected chi connectivity index (χ0v) is 7.33. The van der Waals surface area contributed by atoms with E-state index in [1.807, 2.05) is 6.92 Å². The van der Waals surface area contributed by atoms with E-state index in [9.17, 15) is 9.59 Å². The summed E-state index contributed by atoms with van der Waals surface area (Å²) < 4.78 is 0. The van der Waals surface area contributed by atoms with E-state index >= 15 is 0 Å². The molecule has 0 saturated heterocycles. The van der Waals surface area contributed by atoms with Gasteiger partial charge in [0, 0.05) is 22.3 Å². The molecule has 1 aliphatic rings. The Bertz CT molecular complexity index is 420. The van der Waals surface area contributed by atoms with Crippen LogP contribution in [0.25, 0.3) is 0 Å². The summed E-state index contributed by atoms with van der Waals surface area (Å²) in [6.45, 7) is 1.98. The maximum Gasteiger partial charge on any atom is 0.325 e. The molecule has 5 heteroatoms. The van der Waals surface area contributed by atoms with Gasteiger partial charge in [-0.05, 0) is 6.92 Å². The van der Waals surface area contributed by atoms with E-state index in [1.165, 1.54) is 0 Å². The molecule has 12 heavy (non-hydrogen) atoms. The van der Waals surface area contributed by atoms with Crippen LogP contribution < -0.4 is 11.2 Å². The van der Waals surface area contributed by atoms with Gasteiger partial charge in [-0.15, -0.1) is 11.8 Å². The topological polar surface area (TPSA) is 65.7 Å². The Hall–Kier alpha value is -0.970. The molecule has 0 fully saturated rings. The summed E-state index contributed by atoms with van der Waals surface area (Å²) in [5.74, 6) is 0.697. The lowest BCUT2D eigenvalue weighted by atomic mass is 10.2. The van der Waals surface area contributed by atoms with Gasteiger partial charge in [-0.2, -0.15) is 0 Å². The average Bonchev–Trinajstić information content (AvgIpc) is 2.33. The molecule has 1 aromatic rings. The second kappa shape index (κ2) is 2.52. The molecular weight excluding hydrogens is 176 g/mol. The lowest BCUT2D eigenvalue weighted by Gasteiger charge is -2.00. The lowest BCUT2D eigenvalue weighted by Crippen LogP contribution is -2.26. The number of hydrogen-bond donors (Lipinski definition) is 2. The molecule has 0 bridgehead atoms. The zero-order chi connectivity index (χ0) is 8.72. The summed E-state index contributed by atoms with van der Waals surface area (Å²) in [6, 6.07) is 0. The highest BCUT2D eigenvalue weighted by molar-refractivity contribution is 7.99. The molecule has 0 aromatic carbocycles. The number of hydrogen-bond acceptors (Lipinski definition) is 3. The minimum absolute atomic E-state index is 0.231. The van der Waals surface area contributed by atoms with Gasteiger partial charge in [0.05, 0.1) is 0 Å². The highest BCUT2D eigenvalue weighted by atomic mass is 32.2. The maximum absolute atomic E-state index is 11.2. The SMILES string of the molecule is CC1SCc2c1[nH]c(=O)[nH]c2=O. The van der Waals surface area contributed by atoms with Gasteiger partial charge in [0.1, 0.15) is 0 Å². The molecule has 4 nitrogen and oxygen atoms in total. The van der Waals surface area contributed by atoms with Crippen LogP contribution >= 0.6 is 11.8 Å². The summed E-state index contributed by atoms with van der Waals surface area (Å²) in [5.41, 5.74) is 0.847. The quantitative estimate of drug-likeness (QED) is 0.612. The largest absolute Gasteiger partial charge is 0.325 e. The van der Waals surface area contributed by atoms with Gasteiger partial charge in [-0.1, -0.05) is 0 Å². The van der Waals surface area contributed by atoms with Crippen LogP contribution in [0.5, 0.6) is 0 Å². The van der Waals surface area contributed by atoms with E-state index in [1.54, 1.807) is 11.8 Å². The van der Waals surface area contributed by atoms with Crippen molar-refractivity contribution in [3.63, 3.8) is 0 Å². The lowest BCUT2D eigenvalue weighted by molar-refractivity contribution is 0.915. The first-order chi connectivity index (χ1) is 5.68. The van der Waals surface area contributed by atoms with Crippen LogP contribution in [0.15, 0.2) is 9.59 Å². The highest BCUT2D eigenvalue weighted by Gasteiger charge is 2.22. The van der Waals surface area contributed by atoms with Crippen LogP contribution in [-0.4, -0.2) is 9.97 Å². The number of thioether (sulfide) groups is 1. The molecule has 0 aliphatic carbocycles. The molecule has 0 radical (unpaired) electrons. The molecular formula is C7H8N2O2S. The highest BCUT2D eigenvalue weighted by Crippen LogP contribution is 2.37. The minimum atomic E-state index is -0.409. The van der Waals surface area contributed by atoms with Gasteiger partial charge in [-0.25, -0.2) is 4.79 Å². The molecule has 1 aliphatic heterocycles. The third-order valence-corrected chi connectivity index (χ3v) is 3.15. The fourth-order valence-electron chi connectivity index (χ4n) is 1.31. The molecule has 1 atom stereocenters. The Morgan fingerprint density at radius 2 is 2.17 bits per heavy atom. The summed E-state index contributed by atoms with van der Waals surface area (Å²) in [5, 5.41) is 0.231. The fraction of sp³-hybridized carbons (Fsp3) is 0.429. The molecule has 0 saturated carbocycles. The van der Waals surface area contributed by atoms with Gasteiger partial charge >= 0.3 is 5.69 Å². The monoisotopic (exact) mass is 184 g/mol. The molecule has 2 heterocycles. The first kappa shape index (κ1) is 7.67. The van der Waals surface area contributed by atoms with Crippen LogP contribution in [0, 0.1) is 0 Å². The Morgan fingerprint density at radius 3 is 2.92 bits per heavy atom. The standard InChI is InChI=1S/C7H8N2O2S/c1-3-5-4(2-12-3)6(10)9-7(11)8-5/h3H,2H2,1H3,(H2,8,9,10,11). The van der Waals surface area contributed by atoms with E-state index in [2.05, 4.69) is 9.97 Å². The third kappa shape index (κ3) is 1.01. The molecule has 1 aromatic heterocycles. The van der Waals surface area contributed by atoms with Gasteiger partial charge < -0.3 is 4.98 Å². The van der Waals surface area contributed by atoms with Gasteiger partial charge in [0.15, 0.2) is 0 Å². The van der Waals surface area contributed by atoms with Crippen LogP contribution in [0.2, 0.25) is 0 Å². The zero-order valence-electron chi connectivity index (χ0n) is 6.51. The van der Waals surface area contributed by atoms with Crippen LogP contribution in [0.4, 0.5) is 0 Å². The van der Waals surface area contributed by atoms with E-state index in [0.29, 0.717) is 11.3 Å². The van der Waals surface area contributed by atoms with Gasteiger partial charge in [0.25, 0.3) is 5.56 Å². The van der Waals surface area contributed by atoms with Crippen molar-refractivity contribution in [2.24, 2.45) is 0 Å². The van der Waals surface area contributed by atoms with Gasteiger partial charge in [-0.3, -0.25) is 9.78 Å². The number of aromatic nitrogens is 2. The van der Waals surface area contributed by atoms with Crippen molar-refractivity contribution in [2.45, 2.75) is 17.9 Å². The van der Waals surface area contributed by atoms with Crippen LogP contribution in [0.1, 0.15) is 23.4 Å². The molecule has 2 N–H and O–H groups in total. The van der Waals surface area contributed by atoms with Crippen molar-refractivity contribution in [1.82, 2.24) is 9.97 Å². The first-order valence-electron chi connectivity index (χ1n) is 3.65. The average molecular weight is 184 g/mol. The van der Waals surface area contributed by atoms with Crippen molar-refractivity contribution < 1.29 is 0 Å². The van der Waals surface area contributed by atoms with Gasteiger partial charge in [0.2, 0.25) is 0 Å². The Labute approximate surface area is 72.4 Å². The Morgan fingerprint density at radius 1 is 1.42 bits per heavy atom. The molecule has 0 spiro atoms. The van der Waals surface area contributed by atoms with E-state index < -0.39 is 5.69 Å². The summed E-state index contributed by atoms with van der Waals surface area (Å²) in [6.07, 6.45) is 0. The number of rotatable bonds is 0. The van der Waals surface area contributed by atoms with Crippen molar-refractivity contribution in [3.8, 4) is 0 Å². The number of aromatic amines is 2. The molecule has 64 valence electrons. The normalized spacial score (nSPS) is 20.9. The summed E-state index contributed by atoms with van der Waals surface area (Å²) in [4.78, 5) is 26.9. The van der Waals surface area contributed by atoms with E-state index in [0.717, 1.165) is 5.69 Å². The van der Waals surface area contributed by atoms with Crippen molar-refractivity contribution in [2.75, 3.05) is 0 Å². The summed E-state index contributed by atoms with van der Waals surface area (Å²) >= 11 is 1.66. The van der Waals surface area contributed by atoms with Crippen molar-refractivity contribution in [1.29, 1.82) is 0 Å². The third-order valence-electron chi connectivity index (χ3n) is 1.96. The molecule has 2 rings (SSSR count). The van der Waals surface area contributed by atoms with E-state index in [4.69, 9.17) is 0 Å². The number of fused-ring (bicyclic) bond motifs is 1. The molecule has 0 amide bonds. The second-order valence-corrected chi connectivity index (χ2v) is 4.08. The fourth-order valence-corrected chi connectivity index (χ4v) is 2.38. The Kier molecular flexibility index (Phi) is 1.61. The molecule has 1 unspecified atom stereocenters. The van der Waals surface area contributed by atoms with Crippen LogP contribution in [0.3, 0.4) is 0 Å². The Balaban J connectivity index is 2.77. The van der Waals surface area contributed by atoms with Crippen molar-refractivity contribution >= 4 is 11.8 Å². The smallest absolute Gasteiger partial charge is 0.310 e. The number of nitrogens with one attached hydrogen (secondary N) is 2. The van der Waals surface area contributed by atoms with Crippen molar-refractivity contribution in [3.05, 3.63) is 32.1 Å². The number of H-pyrrole nitrogens is 2. The summed E-state index contributed by atoms with van der Waals surface area (Å²) in [7, 11) is 0. The second-order valence-electron chi connectivity index (χ2n) is 2.75. The first-order valence-corrected chi connectivity index (χ1v) is 4.70. The predicted molar refractivity (Wildman–Crippen MR) is 47.4 cm³/mol. The minimum Gasteiger partial charge on any atom is -0.310 e. The predicted octanol–water partition coefficient (Wildman–Crippen LogP) is 0.371. The van der Waals surface area contributed by atoms with Crippen LogP contribution in [-0.2, 0) is 5.75 Å². The maximum atomic E-state index is 11.2. The van der Waals surface area contributed by atoms with E-state index in [-0.39, 0.29) is 10.8 Å².